The lowest BCUT2D eigenvalue weighted by molar-refractivity contribution is -0.404. The quantitative estimate of drug-likeness (QED) is 0.858. The van der Waals surface area contributed by atoms with E-state index in [0.717, 1.165) is 5.56 Å². The van der Waals surface area contributed by atoms with Gasteiger partial charge in [-0.05, 0) is 38.2 Å². The number of ether oxygens (including phenoxy) is 1. The Balaban J connectivity index is 1.84. The summed E-state index contributed by atoms with van der Waals surface area (Å²) in [6.07, 6.45) is -1.27. The van der Waals surface area contributed by atoms with E-state index in [1.807, 2.05) is 19.1 Å². The van der Waals surface area contributed by atoms with E-state index < -0.39 is 23.0 Å². The topological polar surface area (TPSA) is 29.5 Å². The maximum Gasteiger partial charge on any atom is 0.341 e. The maximum absolute atomic E-state index is 14.3. The molecule has 122 valence electrons. The van der Waals surface area contributed by atoms with Crippen LogP contribution in [0.1, 0.15) is 36.8 Å². The highest BCUT2D eigenvalue weighted by molar-refractivity contribution is 5.23. The van der Waals surface area contributed by atoms with Gasteiger partial charge in [-0.1, -0.05) is 29.8 Å². The Morgan fingerprint density at radius 1 is 0.955 bits per heavy atom. The Kier molecular flexibility index (Phi) is 3.35. The molecule has 1 N–H and O–H groups in total. The summed E-state index contributed by atoms with van der Waals surface area (Å²) in [6.45, 7) is 1.74. The third kappa shape index (κ3) is 1.93. The summed E-state index contributed by atoms with van der Waals surface area (Å²) in [5.74, 6) is -8.85. The fourth-order valence-corrected chi connectivity index (χ4v) is 3.41. The highest BCUT2D eigenvalue weighted by Crippen LogP contribution is 2.64. The van der Waals surface area contributed by atoms with Gasteiger partial charge in [0.05, 0.1) is 6.61 Å². The van der Waals surface area contributed by atoms with Crippen molar-refractivity contribution >= 4 is 0 Å². The van der Waals surface area contributed by atoms with Crippen LogP contribution in [0.3, 0.4) is 0 Å². The van der Waals surface area contributed by atoms with Crippen LogP contribution in [0.2, 0.25) is 0 Å². The molecule has 3 fully saturated rings. The van der Waals surface area contributed by atoms with E-state index >= 15 is 0 Å². The van der Waals surface area contributed by atoms with Crippen LogP contribution in [0.5, 0.6) is 0 Å². The van der Waals surface area contributed by atoms with Gasteiger partial charge in [0.15, 0.2) is 0 Å². The van der Waals surface area contributed by atoms with Crippen LogP contribution in [0.25, 0.3) is 0 Å². The SMILES string of the molecule is Cc1ccc(COC23CCC(O)(CC2)C(F)(F)C3(F)F)cc1. The van der Waals surface area contributed by atoms with Crippen molar-refractivity contribution in [2.24, 2.45) is 0 Å². The second-order valence-corrected chi connectivity index (χ2v) is 6.45. The lowest BCUT2D eigenvalue weighted by atomic mass is 9.60. The van der Waals surface area contributed by atoms with Gasteiger partial charge in [-0.2, -0.15) is 17.6 Å². The van der Waals surface area contributed by atoms with Gasteiger partial charge >= 0.3 is 11.8 Å². The standard InChI is InChI=1S/C16H18F4O2/c1-11-2-4-12(5-3-11)10-22-14-8-6-13(21,7-9-14)15(17,18)16(14,19)20/h2-5,21H,6-10H2,1H3. The molecule has 0 radical (unpaired) electrons. The molecule has 0 heterocycles. The van der Waals surface area contributed by atoms with Crippen LogP contribution in [-0.4, -0.2) is 28.2 Å². The maximum atomic E-state index is 14.3. The van der Waals surface area contributed by atoms with Gasteiger partial charge in [0.25, 0.3) is 0 Å². The van der Waals surface area contributed by atoms with Crippen LogP contribution in [0.4, 0.5) is 17.6 Å². The molecular formula is C16H18F4O2. The third-order valence-electron chi connectivity index (χ3n) is 5.07. The van der Waals surface area contributed by atoms with E-state index in [9.17, 15) is 22.7 Å². The van der Waals surface area contributed by atoms with E-state index in [2.05, 4.69) is 0 Å². The molecule has 0 aliphatic heterocycles. The largest absolute Gasteiger partial charge is 0.383 e. The molecule has 2 bridgehead atoms. The molecule has 0 atom stereocenters. The normalized spacial score (nSPS) is 35.5. The molecule has 3 saturated carbocycles. The summed E-state index contributed by atoms with van der Waals surface area (Å²) in [5.41, 5.74) is -3.15. The molecular weight excluding hydrogens is 300 g/mol. The Labute approximate surface area is 126 Å². The number of halogens is 4. The molecule has 4 rings (SSSR count). The first-order valence-corrected chi connectivity index (χ1v) is 7.31. The predicted octanol–water partition coefficient (Wildman–Crippen LogP) is 3.84. The van der Waals surface area contributed by atoms with Gasteiger partial charge in [0.2, 0.25) is 0 Å². The third-order valence-corrected chi connectivity index (χ3v) is 5.07. The minimum Gasteiger partial charge on any atom is -0.383 e. The fourth-order valence-electron chi connectivity index (χ4n) is 3.41. The van der Waals surface area contributed by atoms with Crippen LogP contribution >= 0.6 is 0 Å². The molecule has 0 amide bonds. The number of benzene rings is 1. The fraction of sp³-hybridized carbons (Fsp3) is 0.625. The second kappa shape index (κ2) is 4.68. The van der Waals surface area contributed by atoms with Crippen LogP contribution in [0, 0.1) is 6.92 Å². The van der Waals surface area contributed by atoms with E-state index in [4.69, 9.17) is 4.74 Å². The number of rotatable bonds is 3. The molecule has 6 heteroatoms. The lowest BCUT2D eigenvalue weighted by Gasteiger charge is -2.58. The van der Waals surface area contributed by atoms with Gasteiger partial charge in [0, 0.05) is 0 Å². The molecule has 0 spiro atoms. The lowest BCUT2D eigenvalue weighted by Crippen LogP contribution is -2.76. The molecule has 0 unspecified atom stereocenters. The highest BCUT2D eigenvalue weighted by Gasteiger charge is 2.82. The van der Waals surface area contributed by atoms with Crippen molar-refractivity contribution in [1.82, 2.24) is 0 Å². The molecule has 3 aliphatic carbocycles. The van der Waals surface area contributed by atoms with Crippen molar-refractivity contribution < 1.29 is 27.4 Å². The Morgan fingerprint density at radius 3 is 2.05 bits per heavy atom. The molecule has 22 heavy (non-hydrogen) atoms. The van der Waals surface area contributed by atoms with Crippen LogP contribution in [-0.2, 0) is 11.3 Å². The average Bonchev–Trinajstić information content (AvgIpc) is 2.47. The monoisotopic (exact) mass is 318 g/mol. The minimum absolute atomic E-state index is 0.148. The summed E-state index contributed by atoms with van der Waals surface area (Å²) >= 11 is 0. The smallest absolute Gasteiger partial charge is 0.341 e. The Morgan fingerprint density at radius 2 is 1.50 bits per heavy atom. The number of alkyl halides is 4. The average molecular weight is 318 g/mol. The summed E-state index contributed by atoms with van der Waals surface area (Å²) in [5, 5.41) is 9.83. The van der Waals surface area contributed by atoms with Crippen molar-refractivity contribution in [2.75, 3.05) is 0 Å². The number of fused-ring (bicyclic) bond motifs is 3. The van der Waals surface area contributed by atoms with Gasteiger partial charge in [-0.25, -0.2) is 0 Å². The van der Waals surface area contributed by atoms with Crippen LogP contribution in [0.15, 0.2) is 24.3 Å². The van der Waals surface area contributed by atoms with E-state index in [1.54, 1.807) is 12.1 Å². The zero-order valence-electron chi connectivity index (χ0n) is 12.2. The summed E-state index contributed by atoms with van der Waals surface area (Å²) in [7, 11) is 0. The number of hydrogen-bond donors (Lipinski definition) is 1. The Hall–Kier alpha value is -1.14. The van der Waals surface area contributed by atoms with E-state index in [1.165, 1.54) is 0 Å². The zero-order valence-corrected chi connectivity index (χ0v) is 12.2. The number of aryl methyl sites for hydroxylation is 1. The number of hydrogen-bond acceptors (Lipinski definition) is 2. The van der Waals surface area contributed by atoms with Crippen LogP contribution < -0.4 is 0 Å². The van der Waals surface area contributed by atoms with Gasteiger partial charge in [0.1, 0.15) is 11.2 Å². The van der Waals surface area contributed by atoms with Crippen molar-refractivity contribution in [3.63, 3.8) is 0 Å². The highest BCUT2D eigenvalue weighted by atomic mass is 19.3. The summed E-state index contributed by atoms with van der Waals surface area (Å²) in [6, 6.07) is 7.07. The minimum atomic E-state index is -4.47. The number of aliphatic hydroxyl groups is 1. The molecule has 1 aromatic carbocycles. The molecule has 0 aromatic heterocycles. The first-order valence-electron chi connectivity index (χ1n) is 7.31. The van der Waals surface area contributed by atoms with Crippen molar-refractivity contribution in [1.29, 1.82) is 0 Å². The second-order valence-electron chi connectivity index (χ2n) is 6.45. The van der Waals surface area contributed by atoms with Gasteiger partial charge < -0.3 is 9.84 Å². The van der Waals surface area contributed by atoms with Crippen molar-refractivity contribution in [2.45, 2.75) is 62.3 Å². The van der Waals surface area contributed by atoms with Crippen molar-refractivity contribution in [3.8, 4) is 0 Å². The molecule has 2 nitrogen and oxygen atoms in total. The van der Waals surface area contributed by atoms with Gasteiger partial charge in [-0.15, -0.1) is 0 Å². The van der Waals surface area contributed by atoms with E-state index in [0.29, 0.717) is 5.56 Å². The molecule has 0 saturated heterocycles. The summed E-state index contributed by atoms with van der Waals surface area (Å²) < 4.78 is 62.0. The Bertz CT molecular complexity index is 560. The van der Waals surface area contributed by atoms with E-state index in [-0.39, 0.29) is 32.3 Å². The first kappa shape index (κ1) is 15.7. The van der Waals surface area contributed by atoms with Crippen molar-refractivity contribution in [3.05, 3.63) is 35.4 Å². The molecule has 1 aromatic rings. The molecule has 3 aliphatic rings. The first-order chi connectivity index (χ1) is 10.1. The predicted molar refractivity (Wildman–Crippen MR) is 72.0 cm³/mol. The van der Waals surface area contributed by atoms with Gasteiger partial charge in [-0.3, -0.25) is 0 Å². The summed E-state index contributed by atoms with van der Waals surface area (Å²) in [4.78, 5) is 0. The zero-order chi connectivity index (χ0) is 16.2.